The summed E-state index contributed by atoms with van der Waals surface area (Å²) in [6.45, 7) is 7.58. The van der Waals surface area contributed by atoms with Crippen molar-refractivity contribution < 1.29 is 0 Å². The van der Waals surface area contributed by atoms with Gasteiger partial charge in [0.2, 0.25) is 0 Å². The Hall–Kier alpha value is -1.02. The third-order valence-electron chi connectivity index (χ3n) is 3.42. The number of hydrogen-bond donors (Lipinski definition) is 1. The van der Waals surface area contributed by atoms with E-state index in [2.05, 4.69) is 43.9 Å². The molecule has 88 valence electrons. The van der Waals surface area contributed by atoms with Crippen LogP contribution in [-0.4, -0.2) is 18.6 Å². The molecular formula is C14H22N2. The Morgan fingerprint density at radius 3 is 2.81 bits per heavy atom. The number of nitrogens with two attached hydrogens (primary N) is 1. The summed E-state index contributed by atoms with van der Waals surface area (Å²) in [5, 5.41) is 0. The highest BCUT2D eigenvalue weighted by Crippen LogP contribution is 2.36. The average Bonchev–Trinajstić information content (AvgIpc) is 2.55. The van der Waals surface area contributed by atoms with Crippen molar-refractivity contribution in [2.75, 3.05) is 11.4 Å². The quantitative estimate of drug-likeness (QED) is 0.844. The monoisotopic (exact) mass is 218 g/mol. The first kappa shape index (κ1) is 11.5. The van der Waals surface area contributed by atoms with Crippen molar-refractivity contribution in [1.82, 2.24) is 0 Å². The van der Waals surface area contributed by atoms with E-state index in [4.69, 9.17) is 5.73 Å². The molecule has 2 rings (SSSR count). The van der Waals surface area contributed by atoms with Crippen molar-refractivity contribution in [2.24, 2.45) is 5.73 Å². The molecule has 0 aromatic heterocycles. The Labute approximate surface area is 98.4 Å². The normalized spacial score (nSPS) is 19.3. The van der Waals surface area contributed by atoms with Crippen LogP contribution in [0.1, 0.15) is 31.9 Å². The zero-order valence-electron chi connectivity index (χ0n) is 10.5. The maximum atomic E-state index is 5.69. The van der Waals surface area contributed by atoms with Gasteiger partial charge in [-0.15, -0.1) is 0 Å². The van der Waals surface area contributed by atoms with Gasteiger partial charge in [0.15, 0.2) is 0 Å². The number of hydrogen-bond acceptors (Lipinski definition) is 2. The van der Waals surface area contributed by atoms with Gasteiger partial charge in [-0.3, -0.25) is 0 Å². The molecule has 0 radical (unpaired) electrons. The first-order chi connectivity index (χ1) is 7.65. The third kappa shape index (κ3) is 1.82. The summed E-state index contributed by atoms with van der Waals surface area (Å²) in [4.78, 5) is 2.54. The molecule has 1 heterocycles. The molecule has 0 saturated heterocycles. The van der Waals surface area contributed by atoms with Crippen LogP contribution in [0.15, 0.2) is 18.2 Å². The standard InChI is InChI=1S/C14H22N2/c1-10(2)16-11(3)9-13-6-4-5-12(7-8-15)14(13)16/h4-6,10-11H,7-9,15H2,1-3H3. The Balaban J connectivity index is 2.44. The topological polar surface area (TPSA) is 29.3 Å². The maximum Gasteiger partial charge on any atom is 0.0437 e. The van der Waals surface area contributed by atoms with Crippen molar-refractivity contribution in [2.45, 2.75) is 45.7 Å². The maximum absolute atomic E-state index is 5.69. The fraction of sp³-hybridized carbons (Fsp3) is 0.571. The molecule has 2 nitrogen and oxygen atoms in total. The second-order valence-corrected chi connectivity index (χ2v) is 5.02. The van der Waals surface area contributed by atoms with Crippen molar-refractivity contribution in [1.29, 1.82) is 0 Å². The predicted octanol–water partition coefficient (Wildman–Crippen LogP) is 2.35. The van der Waals surface area contributed by atoms with E-state index >= 15 is 0 Å². The van der Waals surface area contributed by atoms with Gasteiger partial charge in [-0.2, -0.15) is 0 Å². The molecule has 0 bridgehead atoms. The minimum atomic E-state index is 0.565. The van der Waals surface area contributed by atoms with Gasteiger partial charge in [0.05, 0.1) is 0 Å². The molecule has 0 saturated carbocycles. The van der Waals surface area contributed by atoms with Gasteiger partial charge < -0.3 is 10.6 Å². The molecule has 2 heteroatoms. The summed E-state index contributed by atoms with van der Waals surface area (Å²) >= 11 is 0. The fourth-order valence-corrected chi connectivity index (χ4v) is 2.90. The first-order valence-electron chi connectivity index (χ1n) is 6.24. The van der Waals surface area contributed by atoms with Crippen LogP contribution in [0.3, 0.4) is 0 Å². The van der Waals surface area contributed by atoms with Crippen LogP contribution in [-0.2, 0) is 12.8 Å². The van der Waals surface area contributed by atoms with Crippen LogP contribution in [0.2, 0.25) is 0 Å². The molecule has 1 unspecified atom stereocenters. The van der Waals surface area contributed by atoms with Gasteiger partial charge in [0.1, 0.15) is 0 Å². The van der Waals surface area contributed by atoms with Crippen molar-refractivity contribution in [3.8, 4) is 0 Å². The van der Waals surface area contributed by atoms with Gasteiger partial charge in [0, 0.05) is 17.8 Å². The van der Waals surface area contributed by atoms with E-state index < -0.39 is 0 Å². The molecule has 0 spiro atoms. The second kappa shape index (κ2) is 4.46. The second-order valence-electron chi connectivity index (χ2n) is 5.02. The molecule has 0 amide bonds. The molecule has 0 aliphatic carbocycles. The van der Waals surface area contributed by atoms with Crippen LogP contribution < -0.4 is 10.6 Å². The molecule has 16 heavy (non-hydrogen) atoms. The van der Waals surface area contributed by atoms with E-state index in [-0.39, 0.29) is 0 Å². The minimum Gasteiger partial charge on any atom is -0.366 e. The fourth-order valence-electron chi connectivity index (χ4n) is 2.90. The van der Waals surface area contributed by atoms with Gasteiger partial charge in [-0.25, -0.2) is 0 Å². The lowest BCUT2D eigenvalue weighted by molar-refractivity contribution is 0.604. The van der Waals surface area contributed by atoms with E-state index in [0.29, 0.717) is 12.1 Å². The van der Waals surface area contributed by atoms with Gasteiger partial charge in [-0.05, 0) is 51.3 Å². The number of anilines is 1. The van der Waals surface area contributed by atoms with Gasteiger partial charge in [0.25, 0.3) is 0 Å². The van der Waals surface area contributed by atoms with E-state index in [1.54, 1.807) is 0 Å². The Morgan fingerprint density at radius 1 is 1.44 bits per heavy atom. The number of nitrogens with zero attached hydrogens (tertiary/aromatic N) is 1. The van der Waals surface area contributed by atoms with Crippen molar-refractivity contribution >= 4 is 5.69 Å². The van der Waals surface area contributed by atoms with Gasteiger partial charge >= 0.3 is 0 Å². The lowest BCUT2D eigenvalue weighted by atomic mass is 10.0. The summed E-state index contributed by atoms with van der Waals surface area (Å²) in [6.07, 6.45) is 2.16. The Bertz CT molecular complexity index is 371. The van der Waals surface area contributed by atoms with Crippen LogP contribution in [0.5, 0.6) is 0 Å². The molecule has 2 N–H and O–H groups in total. The van der Waals surface area contributed by atoms with E-state index in [1.165, 1.54) is 23.2 Å². The van der Waals surface area contributed by atoms with E-state index in [0.717, 1.165) is 13.0 Å². The predicted molar refractivity (Wildman–Crippen MR) is 70.0 cm³/mol. The minimum absolute atomic E-state index is 0.565. The molecule has 1 aromatic carbocycles. The van der Waals surface area contributed by atoms with Crippen LogP contribution in [0.25, 0.3) is 0 Å². The zero-order valence-corrected chi connectivity index (χ0v) is 10.5. The van der Waals surface area contributed by atoms with Crippen molar-refractivity contribution in [3.63, 3.8) is 0 Å². The molecule has 1 aliphatic heterocycles. The SMILES string of the molecule is CC(C)N1c2c(CCN)cccc2CC1C. The van der Waals surface area contributed by atoms with Crippen LogP contribution >= 0.6 is 0 Å². The highest BCUT2D eigenvalue weighted by molar-refractivity contribution is 5.65. The van der Waals surface area contributed by atoms with Crippen molar-refractivity contribution in [3.05, 3.63) is 29.3 Å². The highest BCUT2D eigenvalue weighted by atomic mass is 15.2. The summed E-state index contributed by atoms with van der Waals surface area (Å²) in [5.41, 5.74) is 10.1. The Kier molecular flexibility index (Phi) is 3.20. The highest BCUT2D eigenvalue weighted by Gasteiger charge is 2.29. The number of para-hydroxylation sites is 1. The summed E-state index contributed by atoms with van der Waals surface area (Å²) < 4.78 is 0. The Morgan fingerprint density at radius 2 is 2.19 bits per heavy atom. The molecule has 1 aliphatic rings. The van der Waals surface area contributed by atoms with E-state index in [9.17, 15) is 0 Å². The largest absolute Gasteiger partial charge is 0.366 e. The summed E-state index contributed by atoms with van der Waals surface area (Å²) in [7, 11) is 0. The third-order valence-corrected chi connectivity index (χ3v) is 3.42. The van der Waals surface area contributed by atoms with Crippen LogP contribution in [0, 0.1) is 0 Å². The lowest BCUT2D eigenvalue weighted by Crippen LogP contribution is -2.36. The first-order valence-corrected chi connectivity index (χ1v) is 6.24. The average molecular weight is 218 g/mol. The lowest BCUT2D eigenvalue weighted by Gasteiger charge is -2.30. The van der Waals surface area contributed by atoms with E-state index in [1.807, 2.05) is 0 Å². The van der Waals surface area contributed by atoms with Crippen LogP contribution in [0.4, 0.5) is 5.69 Å². The zero-order chi connectivity index (χ0) is 11.7. The number of benzene rings is 1. The molecule has 1 aromatic rings. The summed E-state index contributed by atoms with van der Waals surface area (Å²) in [5.74, 6) is 0. The summed E-state index contributed by atoms with van der Waals surface area (Å²) in [6, 6.07) is 7.83. The number of rotatable bonds is 3. The molecule has 1 atom stereocenters. The molecule has 0 fully saturated rings. The molecular weight excluding hydrogens is 196 g/mol. The van der Waals surface area contributed by atoms with Gasteiger partial charge in [-0.1, -0.05) is 18.2 Å². The smallest absolute Gasteiger partial charge is 0.0437 e. The number of fused-ring (bicyclic) bond motifs is 1.